The van der Waals surface area contributed by atoms with Crippen LogP contribution < -0.4 is 11.1 Å². The van der Waals surface area contributed by atoms with Crippen molar-refractivity contribution in [2.24, 2.45) is 0 Å². The molecule has 2 aromatic carbocycles. The van der Waals surface area contributed by atoms with Gasteiger partial charge in [0.25, 0.3) is 0 Å². The predicted molar refractivity (Wildman–Crippen MR) is 84.1 cm³/mol. The Morgan fingerprint density at radius 3 is 2.29 bits per heavy atom. The summed E-state index contributed by atoms with van der Waals surface area (Å²) >= 11 is 0. The molecule has 1 heterocycles. The van der Waals surface area contributed by atoms with Gasteiger partial charge in [0.15, 0.2) is 5.82 Å². The molecule has 0 aliphatic carbocycles. The molecule has 0 radical (unpaired) electrons. The first-order valence-corrected chi connectivity index (χ1v) is 6.61. The van der Waals surface area contributed by atoms with E-state index in [0.717, 1.165) is 11.3 Å². The molecule has 5 nitrogen and oxygen atoms in total. The second kappa shape index (κ2) is 5.58. The zero-order valence-electron chi connectivity index (χ0n) is 11.6. The summed E-state index contributed by atoms with van der Waals surface area (Å²) in [6.07, 6.45) is 0. The van der Waals surface area contributed by atoms with E-state index in [1.54, 1.807) is 0 Å². The Morgan fingerprint density at radius 2 is 1.57 bits per heavy atom. The molecule has 104 valence electrons. The van der Waals surface area contributed by atoms with Gasteiger partial charge >= 0.3 is 0 Å². The van der Waals surface area contributed by atoms with Gasteiger partial charge in [0, 0.05) is 11.3 Å². The fourth-order valence-corrected chi connectivity index (χ4v) is 1.93. The molecule has 3 rings (SSSR count). The lowest BCUT2D eigenvalue weighted by atomic mass is 10.2. The molecule has 5 heteroatoms. The summed E-state index contributed by atoms with van der Waals surface area (Å²) in [6, 6.07) is 17.7. The van der Waals surface area contributed by atoms with E-state index in [1.165, 1.54) is 5.56 Å². The molecule has 0 saturated carbocycles. The quantitative estimate of drug-likeness (QED) is 0.769. The van der Waals surface area contributed by atoms with Crippen LogP contribution in [0.15, 0.2) is 54.6 Å². The number of nitrogens with two attached hydrogens (primary N) is 1. The van der Waals surface area contributed by atoms with Crippen LogP contribution in [0, 0.1) is 6.92 Å². The summed E-state index contributed by atoms with van der Waals surface area (Å²) in [7, 11) is 0. The fraction of sp³-hybridized carbons (Fsp3) is 0.0625. The van der Waals surface area contributed by atoms with Crippen molar-refractivity contribution in [2.75, 3.05) is 11.1 Å². The molecular weight excluding hydrogens is 262 g/mol. The number of rotatable bonds is 3. The van der Waals surface area contributed by atoms with Crippen molar-refractivity contribution in [3.8, 4) is 11.4 Å². The lowest BCUT2D eigenvalue weighted by Crippen LogP contribution is -2.04. The first-order chi connectivity index (χ1) is 10.2. The van der Waals surface area contributed by atoms with Crippen LogP contribution in [0.4, 0.5) is 17.6 Å². The van der Waals surface area contributed by atoms with E-state index in [4.69, 9.17) is 5.73 Å². The van der Waals surface area contributed by atoms with Gasteiger partial charge in [-0.1, -0.05) is 48.0 Å². The van der Waals surface area contributed by atoms with Crippen molar-refractivity contribution in [1.82, 2.24) is 15.0 Å². The van der Waals surface area contributed by atoms with E-state index in [9.17, 15) is 0 Å². The van der Waals surface area contributed by atoms with E-state index in [0.29, 0.717) is 11.8 Å². The molecule has 0 bridgehead atoms. The molecule has 0 aliphatic rings. The zero-order chi connectivity index (χ0) is 14.7. The van der Waals surface area contributed by atoms with Gasteiger partial charge in [-0.25, -0.2) is 0 Å². The van der Waals surface area contributed by atoms with E-state index in [-0.39, 0.29) is 5.95 Å². The minimum atomic E-state index is 0.193. The van der Waals surface area contributed by atoms with Crippen molar-refractivity contribution < 1.29 is 0 Å². The second-order valence-corrected chi connectivity index (χ2v) is 4.70. The van der Waals surface area contributed by atoms with Crippen LogP contribution in [0.5, 0.6) is 0 Å². The summed E-state index contributed by atoms with van der Waals surface area (Å²) in [6.45, 7) is 2.04. The standard InChI is InChI=1S/C16H15N5/c1-11-7-9-13(10-8-11)18-16-20-14(19-15(17)21-16)12-5-3-2-4-6-12/h2-10H,1H3,(H3,17,18,19,20,21). The van der Waals surface area contributed by atoms with Gasteiger partial charge in [0.1, 0.15) is 0 Å². The summed E-state index contributed by atoms with van der Waals surface area (Å²) in [5.74, 6) is 1.18. The Bertz CT molecular complexity index is 738. The molecule has 0 saturated heterocycles. The highest BCUT2D eigenvalue weighted by Gasteiger charge is 2.06. The van der Waals surface area contributed by atoms with Crippen LogP contribution in [0.2, 0.25) is 0 Å². The summed E-state index contributed by atoms with van der Waals surface area (Å²) in [5.41, 5.74) is 8.78. The first-order valence-electron chi connectivity index (χ1n) is 6.61. The van der Waals surface area contributed by atoms with Crippen molar-refractivity contribution >= 4 is 17.6 Å². The first kappa shape index (κ1) is 13.1. The van der Waals surface area contributed by atoms with Crippen molar-refractivity contribution in [3.05, 3.63) is 60.2 Å². The number of hydrogen-bond acceptors (Lipinski definition) is 5. The molecule has 0 aliphatic heterocycles. The van der Waals surface area contributed by atoms with Crippen LogP contribution in [0.3, 0.4) is 0 Å². The van der Waals surface area contributed by atoms with Crippen LogP contribution in [-0.4, -0.2) is 15.0 Å². The summed E-state index contributed by atoms with van der Waals surface area (Å²) < 4.78 is 0. The van der Waals surface area contributed by atoms with Gasteiger partial charge in [-0.05, 0) is 19.1 Å². The minimum Gasteiger partial charge on any atom is -0.368 e. The monoisotopic (exact) mass is 277 g/mol. The normalized spacial score (nSPS) is 10.3. The Morgan fingerprint density at radius 1 is 0.857 bits per heavy atom. The summed E-state index contributed by atoms with van der Waals surface area (Å²) in [5, 5.41) is 3.14. The predicted octanol–water partition coefficient (Wildman–Crippen LogP) is 3.17. The van der Waals surface area contributed by atoms with E-state index in [2.05, 4.69) is 20.3 Å². The molecule has 3 N–H and O–H groups in total. The second-order valence-electron chi connectivity index (χ2n) is 4.70. The molecule has 0 spiro atoms. The summed E-state index contributed by atoms with van der Waals surface area (Å²) in [4.78, 5) is 12.7. The molecule has 1 aromatic heterocycles. The van der Waals surface area contributed by atoms with Crippen LogP contribution in [0.25, 0.3) is 11.4 Å². The number of nitrogens with zero attached hydrogens (tertiary/aromatic N) is 3. The lowest BCUT2D eigenvalue weighted by molar-refractivity contribution is 1.08. The molecular formula is C16H15N5. The molecule has 0 amide bonds. The number of nitrogen functional groups attached to an aromatic ring is 1. The molecule has 0 unspecified atom stereocenters. The van der Waals surface area contributed by atoms with Crippen LogP contribution in [0.1, 0.15) is 5.56 Å². The fourth-order valence-electron chi connectivity index (χ4n) is 1.93. The number of aryl methyl sites for hydroxylation is 1. The number of aromatic nitrogens is 3. The highest BCUT2D eigenvalue weighted by Crippen LogP contribution is 2.19. The van der Waals surface area contributed by atoms with E-state index < -0.39 is 0 Å². The maximum atomic E-state index is 5.77. The van der Waals surface area contributed by atoms with Crippen LogP contribution in [-0.2, 0) is 0 Å². The van der Waals surface area contributed by atoms with Gasteiger partial charge in [-0.15, -0.1) is 0 Å². The largest absolute Gasteiger partial charge is 0.368 e. The Hall–Kier alpha value is -2.95. The highest BCUT2D eigenvalue weighted by atomic mass is 15.2. The van der Waals surface area contributed by atoms with Crippen molar-refractivity contribution in [3.63, 3.8) is 0 Å². The van der Waals surface area contributed by atoms with Gasteiger partial charge in [0.2, 0.25) is 11.9 Å². The van der Waals surface area contributed by atoms with Gasteiger partial charge in [0.05, 0.1) is 0 Å². The SMILES string of the molecule is Cc1ccc(Nc2nc(N)nc(-c3ccccc3)n2)cc1. The third-order valence-electron chi connectivity index (χ3n) is 2.99. The van der Waals surface area contributed by atoms with Gasteiger partial charge in [-0.3, -0.25) is 0 Å². The van der Waals surface area contributed by atoms with Crippen molar-refractivity contribution in [1.29, 1.82) is 0 Å². The van der Waals surface area contributed by atoms with E-state index in [1.807, 2.05) is 61.5 Å². The Balaban J connectivity index is 1.93. The Labute approximate surface area is 122 Å². The van der Waals surface area contributed by atoms with Crippen LogP contribution >= 0.6 is 0 Å². The third kappa shape index (κ3) is 3.14. The topological polar surface area (TPSA) is 76.7 Å². The molecule has 21 heavy (non-hydrogen) atoms. The van der Waals surface area contributed by atoms with Gasteiger partial charge in [-0.2, -0.15) is 15.0 Å². The number of anilines is 3. The number of nitrogens with one attached hydrogen (secondary N) is 1. The third-order valence-corrected chi connectivity index (χ3v) is 2.99. The zero-order valence-corrected chi connectivity index (χ0v) is 11.6. The molecule has 3 aromatic rings. The average Bonchev–Trinajstić information content (AvgIpc) is 2.50. The maximum absolute atomic E-state index is 5.77. The maximum Gasteiger partial charge on any atom is 0.232 e. The van der Waals surface area contributed by atoms with Crippen molar-refractivity contribution in [2.45, 2.75) is 6.92 Å². The molecule has 0 atom stereocenters. The highest BCUT2D eigenvalue weighted by molar-refractivity contribution is 5.60. The number of benzene rings is 2. The lowest BCUT2D eigenvalue weighted by Gasteiger charge is -2.07. The van der Waals surface area contributed by atoms with Gasteiger partial charge < -0.3 is 11.1 Å². The number of hydrogen-bond donors (Lipinski definition) is 2. The van der Waals surface area contributed by atoms with E-state index >= 15 is 0 Å². The molecule has 0 fully saturated rings. The average molecular weight is 277 g/mol. The Kier molecular flexibility index (Phi) is 3.47. The smallest absolute Gasteiger partial charge is 0.232 e. The minimum absolute atomic E-state index is 0.193.